The van der Waals surface area contributed by atoms with Crippen molar-refractivity contribution in [3.8, 4) is 0 Å². The Hall–Kier alpha value is -0.730. The van der Waals surface area contributed by atoms with E-state index in [1.54, 1.807) is 0 Å². The molecule has 1 aliphatic heterocycles. The average molecular weight is 296 g/mol. The Morgan fingerprint density at radius 3 is 2.05 bits per heavy atom. The van der Waals surface area contributed by atoms with Crippen LogP contribution >= 0.6 is 0 Å². The molecule has 0 atom stereocenters. The number of guanidine groups is 1. The van der Waals surface area contributed by atoms with E-state index in [-0.39, 0.29) is 0 Å². The second-order valence-electron chi connectivity index (χ2n) is 7.29. The van der Waals surface area contributed by atoms with Crippen molar-refractivity contribution in [2.45, 2.75) is 85.0 Å². The minimum atomic E-state index is 0.308. The van der Waals surface area contributed by atoms with Crippen LogP contribution in [0.5, 0.6) is 0 Å². The first kappa shape index (κ1) is 18.3. The number of hydrogen-bond acceptors (Lipinski definition) is 3. The van der Waals surface area contributed by atoms with Crippen LogP contribution in [0.15, 0.2) is 4.99 Å². The molecule has 1 rings (SSSR count). The zero-order chi connectivity index (χ0) is 15.4. The molecule has 0 amide bonds. The molecular formula is C18H37N3. The Labute approximate surface area is 132 Å². The maximum Gasteiger partial charge on any atom is 0.191 e. The minimum absolute atomic E-state index is 0.308. The second-order valence-corrected chi connectivity index (χ2v) is 7.29. The normalized spacial score (nSPS) is 17.2. The third kappa shape index (κ3) is 9.76. The van der Waals surface area contributed by atoms with E-state index in [4.69, 9.17) is 0 Å². The van der Waals surface area contributed by atoms with Crippen LogP contribution in [-0.2, 0) is 0 Å². The molecule has 0 bridgehead atoms. The lowest BCUT2D eigenvalue weighted by molar-refractivity contribution is 0.358. The molecule has 0 fully saturated rings. The van der Waals surface area contributed by atoms with Crippen LogP contribution in [0.2, 0.25) is 0 Å². The molecule has 0 aromatic rings. The molecule has 0 aromatic heterocycles. The van der Waals surface area contributed by atoms with Crippen LogP contribution in [0.25, 0.3) is 0 Å². The molecule has 0 saturated heterocycles. The van der Waals surface area contributed by atoms with Crippen molar-refractivity contribution in [3.63, 3.8) is 0 Å². The molecule has 3 heteroatoms. The molecule has 0 saturated carbocycles. The highest BCUT2D eigenvalue weighted by molar-refractivity contribution is 5.80. The van der Waals surface area contributed by atoms with Crippen molar-refractivity contribution < 1.29 is 0 Å². The van der Waals surface area contributed by atoms with Crippen molar-refractivity contribution >= 4 is 5.96 Å². The first-order valence-corrected chi connectivity index (χ1v) is 9.16. The quantitative estimate of drug-likeness (QED) is 0.551. The summed E-state index contributed by atoms with van der Waals surface area (Å²) in [5, 5.41) is 6.81. The molecule has 1 aliphatic rings. The van der Waals surface area contributed by atoms with Gasteiger partial charge >= 0.3 is 0 Å². The van der Waals surface area contributed by atoms with E-state index in [2.05, 4.69) is 36.4 Å². The second kappa shape index (κ2) is 10.9. The average Bonchev–Trinajstić information content (AvgIpc) is 2.46. The first-order valence-electron chi connectivity index (χ1n) is 9.16. The summed E-state index contributed by atoms with van der Waals surface area (Å²) >= 11 is 0. The Balaban J connectivity index is 1.84. The van der Waals surface area contributed by atoms with Gasteiger partial charge in [-0.3, -0.25) is 4.99 Å². The smallest absolute Gasteiger partial charge is 0.191 e. The predicted molar refractivity (Wildman–Crippen MR) is 93.9 cm³/mol. The maximum absolute atomic E-state index is 4.56. The van der Waals surface area contributed by atoms with Gasteiger partial charge in [0.05, 0.1) is 0 Å². The highest BCUT2D eigenvalue weighted by atomic mass is 15.2. The molecular weight excluding hydrogens is 258 g/mol. The molecule has 1 heterocycles. The van der Waals surface area contributed by atoms with Crippen LogP contribution in [0.3, 0.4) is 0 Å². The van der Waals surface area contributed by atoms with Gasteiger partial charge in [0.15, 0.2) is 5.96 Å². The van der Waals surface area contributed by atoms with Crippen molar-refractivity contribution in [1.29, 1.82) is 0 Å². The van der Waals surface area contributed by atoms with Crippen LogP contribution in [-0.4, -0.2) is 25.6 Å². The van der Waals surface area contributed by atoms with E-state index >= 15 is 0 Å². The summed E-state index contributed by atoms with van der Waals surface area (Å²) in [6.07, 6.45) is 13.9. The molecule has 0 unspecified atom stereocenters. The van der Waals surface area contributed by atoms with Gasteiger partial charge in [-0.15, -0.1) is 0 Å². The lowest BCUT2D eigenvalue weighted by Crippen LogP contribution is -2.47. The first-order chi connectivity index (χ1) is 10.1. The van der Waals surface area contributed by atoms with Gasteiger partial charge in [0.2, 0.25) is 0 Å². The molecule has 124 valence electrons. The lowest BCUT2D eigenvalue weighted by atomic mass is 9.93. The van der Waals surface area contributed by atoms with Gasteiger partial charge in [0.25, 0.3) is 0 Å². The summed E-state index contributed by atoms with van der Waals surface area (Å²) < 4.78 is 0. The molecule has 0 radical (unpaired) electrons. The minimum Gasteiger partial charge on any atom is -0.356 e. The summed E-state index contributed by atoms with van der Waals surface area (Å²) in [4.78, 5) is 4.56. The Morgan fingerprint density at radius 2 is 1.52 bits per heavy atom. The van der Waals surface area contributed by atoms with E-state index in [1.807, 2.05) is 0 Å². The zero-order valence-corrected chi connectivity index (χ0v) is 14.6. The zero-order valence-electron chi connectivity index (χ0n) is 14.6. The predicted octanol–water partition coefficient (Wildman–Crippen LogP) is 4.48. The van der Waals surface area contributed by atoms with Gasteiger partial charge in [-0.05, 0) is 6.42 Å². The summed E-state index contributed by atoms with van der Waals surface area (Å²) in [6.45, 7) is 9.80. The number of aliphatic imine (C=N–C) groups is 1. The SMILES string of the molecule is CCCCCCCCCCCCNC1=NCC(C)(C)CN1. The van der Waals surface area contributed by atoms with Gasteiger partial charge in [-0.25, -0.2) is 0 Å². The van der Waals surface area contributed by atoms with Crippen LogP contribution < -0.4 is 10.6 Å². The molecule has 0 aliphatic carbocycles. The molecule has 3 nitrogen and oxygen atoms in total. The van der Waals surface area contributed by atoms with E-state index < -0.39 is 0 Å². The monoisotopic (exact) mass is 295 g/mol. The third-order valence-electron chi connectivity index (χ3n) is 4.22. The van der Waals surface area contributed by atoms with Crippen LogP contribution in [0.1, 0.15) is 85.0 Å². The summed E-state index contributed by atoms with van der Waals surface area (Å²) in [5.74, 6) is 1.00. The summed E-state index contributed by atoms with van der Waals surface area (Å²) in [5.41, 5.74) is 0.308. The van der Waals surface area contributed by atoms with Gasteiger partial charge in [0, 0.05) is 25.0 Å². The fraction of sp³-hybridized carbons (Fsp3) is 0.944. The summed E-state index contributed by atoms with van der Waals surface area (Å²) in [7, 11) is 0. The highest BCUT2D eigenvalue weighted by Gasteiger charge is 2.21. The fourth-order valence-electron chi connectivity index (χ4n) is 2.67. The maximum atomic E-state index is 4.56. The van der Waals surface area contributed by atoms with Crippen LogP contribution in [0.4, 0.5) is 0 Å². The summed E-state index contributed by atoms with van der Waals surface area (Å²) in [6, 6.07) is 0. The number of nitrogens with one attached hydrogen (secondary N) is 2. The molecule has 21 heavy (non-hydrogen) atoms. The van der Waals surface area contributed by atoms with Crippen LogP contribution in [0, 0.1) is 5.41 Å². The standard InChI is InChI=1S/C18H37N3/c1-4-5-6-7-8-9-10-11-12-13-14-19-17-20-15-18(2,3)16-21-17/h4-16H2,1-3H3,(H2,19,20,21). The van der Waals surface area contributed by atoms with Crippen molar-refractivity contribution in [2.75, 3.05) is 19.6 Å². The van der Waals surface area contributed by atoms with Gasteiger partial charge < -0.3 is 10.6 Å². The molecule has 0 aromatic carbocycles. The number of rotatable bonds is 11. The van der Waals surface area contributed by atoms with E-state index in [1.165, 1.54) is 64.2 Å². The molecule has 2 N–H and O–H groups in total. The van der Waals surface area contributed by atoms with E-state index in [0.717, 1.165) is 25.6 Å². The Kier molecular flexibility index (Phi) is 9.53. The third-order valence-corrected chi connectivity index (χ3v) is 4.22. The fourth-order valence-corrected chi connectivity index (χ4v) is 2.67. The van der Waals surface area contributed by atoms with E-state index in [9.17, 15) is 0 Å². The highest BCUT2D eigenvalue weighted by Crippen LogP contribution is 2.16. The van der Waals surface area contributed by atoms with Crippen molar-refractivity contribution in [1.82, 2.24) is 10.6 Å². The molecule has 0 spiro atoms. The Bertz CT molecular complexity index is 284. The van der Waals surface area contributed by atoms with Gasteiger partial charge in [0.1, 0.15) is 0 Å². The lowest BCUT2D eigenvalue weighted by Gasteiger charge is -2.29. The van der Waals surface area contributed by atoms with Gasteiger partial charge in [-0.2, -0.15) is 0 Å². The number of nitrogens with zero attached hydrogens (tertiary/aromatic N) is 1. The number of unbranched alkanes of at least 4 members (excludes halogenated alkanes) is 9. The van der Waals surface area contributed by atoms with Crippen molar-refractivity contribution in [2.24, 2.45) is 10.4 Å². The Morgan fingerprint density at radius 1 is 0.952 bits per heavy atom. The van der Waals surface area contributed by atoms with Crippen molar-refractivity contribution in [3.05, 3.63) is 0 Å². The largest absolute Gasteiger partial charge is 0.356 e. The van der Waals surface area contributed by atoms with E-state index in [0.29, 0.717) is 5.41 Å². The number of hydrogen-bond donors (Lipinski definition) is 2. The topological polar surface area (TPSA) is 36.4 Å². The van der Waals surface area contributed by atoms with Gasteiger partial charge in [-0.1, -0.05) is 78.6 Å².